The molecule has 0 amide bonds. The molecule has 0 fully saturated rings. The van der Waals surface area contributed by atoms with E-state index in [4.69, 9.17) is 40.3 Å². The van der Waals surface area contributed by atoms with Crippen LogP contribution in [0.2, 0.25) is 10.0 Å². The Hall–Kier alpha value is -2.63. The zero-order valence-corrected chi connectivity index (χ0v) is 15.9. The van der Waals surface area contributed by atoms with Crippen LogP contribution in [0, 0.1) is 0 Å². The number of hydrogen-bond donors (Lipinski definition) is 0. The first-order valence-corrected chi connectivity index (χ1v) is 8.76. The number of halogens is 3. The van der Waals surface area contributed by atoms with Crippen molar-refractivity contribution in [3.63, 3.8) is 0 Å². The number of carbonyl (C=O) groups is 1. The van der Waals surface area contributed by atoms with Crippen LogP contribution in [0.4, 0.5) is 0 Å². The predicted octanol–water partition coefficient (Wildman–Crippen LogP) is 6.31. The van der Waals surface area contributed by atoms with Crippen LogP contribution in [0.1, 0.15) is 16.2 Å². The van der Waals surface area contributed by atoms with Crippen LogP contribution in [-0.4, -0.2) is 15.2 Å². The van der Waals surface area contributed by atoms with Crippen LogP contribution in [-0.2, 0) is 6.54 Å². The summed E-state index contributed by atoms with van der Waals surface area (Å²) in [6.45, 7) is -0.154. The van der Waals surface area contributed by atoms with Crippen molar-refractivity contribution in [2.45, 2.75) is 6.54 Å². The maximum absolute atomic E-state index is 11.8. The summed E-state index contributed by atoms with van der Waals surface area (Å²) in [5.41, 5.74) is 11.1. The van der Waals surface area contributed by atoms with Crippen LogP contribution in [0.5, 0.6) is 0 Å². The largest absolute Gasteiger partial charge is 0.274 e. The highest BCUT2D eigenvalue weighted by Gasteiger charge is 2.19. The van der Waals surface area contributed by atoms with Crippen LogP contribution < -0.4 is 0 Å². The van der Waals surface area contributed by atoms with Gasteiger partial charge in [-0.15, -0.1) is 0 Å². The van der Waals surface area contributed by atoms with Gasteiger partial charge < -0.3 is 0 Å². The average Bonchev–Trinajstić information content (AvgIpc) is 2.67. The molecule has 1 heterocycles. The fraction of sp³-hybridized carbons (Fsp3) is 0.0556. The van der Waals surface area contributed by atoms with Crippen LogP contribution in [0.15, 0.2) is 53.6 Å². The van der Waals surface area contributed by atoms with E-state index < -0.39 is 5.24 Å². The topological polar surface area (TPSA) is 91.6 Å². The Morgan fingerprint density at radius 3 is 1.85 bits per heavy atom. The van der Waals surface area contributed by atoms with E-state index in [1.54, 1.807) is 48.5 Å². The number of aromatic nitrogens is 2. The van der Waals surface area contributed by atoms with Gasteiger partial charge in [0.05, 0.1) is 23.6 Å². The second-order valence-electron chi connectivity index (χ2n) is 5.39. The quantitative estimate of drug-likeness (QED) is 0.210. The van der Waals surface area contributed by atoms with Crippen molar-refractivity contribution >= 4 is 40.0 Å². The first kappa shape index (κ1) is 19.1. The summed E-state index contributed by atoms with van der Waals surface area (Å²) in [6, 6.07) is 14.0. The average molecular weight is 419 g/mol. The Balaban J connectivity index is 2.29. The Kier molecular flexibility index (Phi) is 5.94. The molecule has 134 valence electrons. The monoisotopic (exact) mass is 417 g/mol. The van der Waals surface area contributed by atoms with E-state index >= 15 is 0 Å². The molecule has 0 saturated heterocycles. The lowest BCUT2D eigenvalue weighted by Gasteiger charge is -2.13. The van der Waals surface area contributed by atoms with Crippen LogP contribution in [0.25, 0.3) is 33.0 Å². The molecule has 9 heteroatoms. The molecule has 0 spiro atoms. The van der Waals surface area contributed by atoms with Gasteiger partial charge in [0, 0.05) is 26.1 Å². The van der Waals surface area contributed by atoms with Gasteiger partial charge in [0.2, 0.25) is 0 Å². The zero-order chi connectivity index (χ0) is 19.4. The molecule has 0 saturated carbocycles. The molecule has 3 aromatic rings. The number of nitrogens with zero attached hydrogens (tertiary/aromatic N) is 5. The Morgan fingerprint density at radius 2 is 1.41 bits per heavy atom. The van der Waals surface area contributed by atoms with Crippen molar-refractivity contribution in [3.8, 4) is 22.5 Å². The summed E-state index contributed by atoms with van der Waals surface area (Å²) in [7, 11) is 0. The van der Waals surface area contributed by atoms with E-state index in [2.05, 4.69) is 20.0 Å². The van der Waals surface area contributed by atoms with Gasteiger partial charge >= 0.3 is 0 Å². The van der Waals surface area contributed by atoms with Gasteiger partial charge in [0.25, 0.3) is 5.24 Å². The fourth-order valence-electron chi connectivity index (χ4n) is 2.45. The normalized spacial score (nSPS) is 10.3. The van der Waals surface area contributed by atoms with Gasteiger partial charge in [0.15, 0.2) is 0 Å². The minimum Gasteiger partial charge on any atom is -0.274 e. The molecule has 1 aromatic heterocycles. The van der Waals surface area contributed by atoms with Gasteiger partial charge in [-0.1, -0.05) is 52.6 Å². The number of rotatable bonds is 5. The van der Waals surface area contributed by atoms with Crippen molar-refractivity contribution in [1.29, 1.82) is 0 Å². The third-order valence-electron chi connectivity index (χ3n) is 3.67. The smallest absolute Gasteiger partial charge is 0.272 e. The maximum Gasteiger partial charge on any atom is 0.272 e. The van der Waals surface area contributed by atoms with Crippen molar-refractivity contribution in [1.82, 2.24) is 9.97 Å². The Bertz CT molecular complexity index is 1050. The second kappa shape index (κ2) is 8.37. The fourth-order valence-corrected chi connectivity index (χ4v) is 2.86. The number of hydrogen-bond acceptors (Lipinski definition) is 4. The molecule has 0 unspecified atom stereocenters. The summed E-state index contributed by atoms with van der Waals surface area (Å²) in [6.07, 6.45) is 0. The van der Waals surface area contributed by atoms with Gasteiger partial charge in [-0.2, -0.15) is 0 Å². The van der Waals surface area contributed by atoms with Crippen molar-refractivity contribution < 1.29 is 4.79 Å². The first-order valence-electron chi connectivity index (χ1n) is 7.63. The molecule has 0 aliphatic heterocycles. The molecule has 0 bridgehead atoms. The Labute approximate surface area is 169 Å². The summed E-state index contributed by atoms with van der Waals surface area (Å²) < 4.78 is 0. The number of carbonyl (C=O) groups excluding carboxylic acids is 1. The molecule has 3 rings (SSSR count). The van der Waals surface area contributed by atoms with Crippen LogP contribution >= 0.6 is 34.8 Å². The van der Waals surface area contributed by atoms with E-state index in [0.717, 1.165) is 5.56 Å². The molecule has 2 aromatic carbocycles. The molecule has 6 nitrogen and oxygen atoms in total. The highest BCUT2D eigenvalue weighted by atomic mass is 35.5. The van der Waals surface area contributed by atoms with Gasteiger partial charge in [-0.3, -0.25) is 4.79 Å². The van der Waals surface area contributed by atoms with E-state index in [9.17, 15) is 4.79 Å². The van der Waals surface area contributed by atoms with Gasteiger partial charge in [-0.05, 0) is 41.4 Å². The lowest BCUT2D eigenvalue weighted by atomic mass is 10.0. The molecule has 0 radical (unpaired) electrons. The number of azide groups is 1. The van der Waals surface area contributed by atoms with Crippen LogP contribution in [0.3, 0.4) is 0 Å². The van der Waals surface area contributed by atoms with E-state index in [-0.39, 0.29) is 17.9 Å². The molecule has 27 heavy (non-hydrogen) atoms. The van der Waals surface area contributed by atoms with E-state index in [0.29, 0.717) is 27.0 Å². The van der Waals surface area contributed by atoms with Gasteiger partial charge in [0.1, 0.15) is 5.69 Å². The lowest BCUT2D eigenvalue weighted by molar-refractivity contribution is 0.107. The lowest BCUT2D eigenvalue weighted by Crippen LogP contribution is -2.08. The molecular weight excluding hydrogens is 409 g/mol. The van der Waals surface area contributed by atoms with E-state index in [1.807, 2.05) is 0 Å². The summed E-state index contributed by atoms with van der Waals surface area (Å²) in [5, 5.41) is 3.82. The second-order valence-corrected chi connectivity index (χ2v) is 6.61. The minimum atomic E-state index is -0.788. The molecule has 0 aliphatic rings. The summed E-state index contributed by atoms with van der Waals surface area (Å²) >= 11 is 17.6. The van der Waals surface area contributed by atoms with Gasteiger partial charge in [-0.25, -0.2) is 9.97 Å². The molecular formula is C18H10Cl3N5O. The Morgan fingerprint density at radius 1 is 0.926 bits per heavy atom. The standard InChI is InChI=1S/C18H10Cl3N5O/c19-12-5-1-10(2-6-12)15-16(11-3-7-13(20)8-4-11)25-17(18(21)27)14(24-15)9-23-26-22/h1-8H,9H2. The highest BCUT2D eigenvalue weighted by molar-refractivity contribution is 6.67. The summed E-state index contributed by atoms with van der Waals surface area (Å²) in [5.74, 6) is 0. The first-order chi connectivity index (χ1) is 13.0. The maximum atomic E-state index is 11.8. The highest BCUT2D eigenvalue weighted by Crippen LogP contribution is 2.32. The molecule has 0 atom stereocenters. The van der Waals surface area contributed by atoms with E-state index in [1.165, 1.54) is 0 Å². The minimum absolute atomic E-state index is 0.0632. The zero-order valence-electron chi connectivity index (χ0n) is 13.6. The summed E-state index contributed by atoms with van der Waals surface area (Å²) in [4.78, 5) is 23.5. The third-order valence-corrected chi connectivity index (χ3v) is 4.36. The van der Waals surface area contributed by atoms with Crippen molar-refractivity contribution in [3.05, 3.63) is 80.4 Å². The SMILES string of the molecule is [N-]=[N+]=NCc1nc(-c2ccc(Cl)cc2)c(-c2ccc(Cl)cc2)nc1C(=O)Cl. The van der Waals surface area contributed by atoms with Crippen molar-refractivity contribution in [2.75, 3.05) is 0 Å². The van der Waals surface area contributed by atoms with Crippen molar-refractivity contribution in [2.24, 2.45) is 5.11 Å². The molecule has 0 aliphatic carbocycles. The predicted molar refractivity (Wildman–Crippen MR) is 106 cm³/mol. The third kappa shape index (κ3) is 4.38. The number of benzene rings is 2. The molecule has 0 N–H and O–H groups in total.